The van der Waals surface area contributed by atoms with Crippen LogP contribution in [0.5, 0.6) is 0 Å². The van der Waals surface area contributed by atoms with Gasteiger partial charge in [0.05, 0.1) is 11.1 Å². The van der Waals surface area contributed by atoms with Crippen LogP contribution in [0.4, 0.5) is 26.3 Å². The Morgan fingerprint density at radius 3 is 2.04 bits per heavy atom. The summed E-state index contributed by atoms with van der Waals surface area (Å²) in [5.74, 6) is -0.838. The standard InChI is InChI=1S/C14H14F6N2O/c1-8-7-22(3-2-21-8)12(23)9-4-10(13(15,16)17)6-11(5-9)14(18,19)20/h4-6,8,21H,2-3,7H2,1H3/t8-/m1/s1. The van der Waals surface area contributed by atoms with Crippen LogP contribution in [-0.4, -0.2) is 36.5 Å². The molecule has 1 atom stereocenters. The quantitative estimate of drug-likeness (QED) is 0.797. The molecule has 1 saturated heterocycles. The van der Waals surface area contributed by atoms with Crippen molar-refractivity contribution < 1.29 is 31.1 Å². The van der Waals surface area contributed by atoms with E-state index in [1.54, 1.807) is 6.92 Å². The normalized spacial score (nSPS) is 19.8. The minimum atomic E-state index is -4.97. The summed E-state index contributed by atoms with van der Waals surface area (Å²) < 4.78 is 76.8. The van der Waals surface area contributed by atoms with Gasteiger partial charge in [-0.2, -0.15) is 26.3 Å². The largest absolute Gasteiger partial charge is 0.416 e. The molecular weight excluding hydrogens is 326 g/mol. The zero-order valence-corrected chi connectivity index (χ0v) is 12.1. The third-order valence-corrected chi connectivity index (χ3v) is 3.49. The van der Waals surface area contributed by atoms with Gasteiger partial charge in [-0.15, -0.1) is 0 Å². The Labute approximate surface area is 128 Å². The van der Waals surface area contributed by atoms with Crippen LogP contribution < -0.4 is 5.32 Å². The van der Waals surface area contributed by atoms with Gasteiger partial charge >= 0.3 is 12.4 Å². The highest BCUT2D eigenvalue weighted by Gasteiger charge is 2.38. The van der Waals surface area contributed by atoms with Crippen molar-refractivity contribution >= 4 is 5.91 Å². The summed E-state index contributed by atoms with van der Waals surface area (Å²) in [7, 11) is 0. The number of nitrogens with zero attached hydrogens (tertiary/aromatic N) is 1. The zero-order valence-electron chi connectivity index (χ0n) is 12.1. The lowest BCUT2D eigenvalue weighted by Gasteiger charge is -2.32. The fraction of sp³-hybridized carbons (Fsp3) is 0.500. The number of alkyl halides is 6. The molecule has 1 aromatic carbocycles. The van der Waals surface area contributed by atoms with Crippen LogP contribution in [-0.2, 0) is 12.4 Å². The summed E-state index contributed by atoms with van der Waals surface area (Å²) in [6, 6.07) is 0.853. The van der Waals surface area contributed by atoms with E-state index in [0.717, 1.165) is 0 Å². The minimum absolute atomic E-state index is 0.0111. The molecule has 1 aliphatic heterocycles. The molecule has 3 nitrogen and oxygen atoms in total. The first-order valence-corrected chi connectivity index (χ1v) is 6.80. The van der Waals surface area contributed by atoms with E-state index >= 15 is 0 Å². The Morgan fingerprint density at radius 2 is 1.61 bits per heavy atom. The maximum atomic E-state index is 12.8. The molecule has 0 radical (unpaired) electrons. The monoisotopic (exact) mass is 340 g/mol. The van der Waals surface area contributed by atoms with Gasteiger partial charge in [-0.3, -0.25) is 4.79 Å². The molecular formula is C14H14F6N2O. The second-order valence-electron chi connectivity index (χ2n) is 5.40. The molecule has 2 rings (SSSR count). The molecule has 0 saturated carbocycles. The molecule has 1 heterocycles. The molecule has 1 N–H and O–H groups in total. The molecule has 1 amide bonds. The smallest absolute Gasteiger partial charge is 0.336 e. The lowest BCUT2D eigenvalue weighted by atomic mass is 10.0. The Hall–Kier alpha value is -1.77. The van der Waals surface area contributed by atoms with Gasteiger partial charge in [-0.05, 0) is 25.1 Å². The number of carbonyl (C=O) groups is 1. The Kier molecular flexibility index (Phi) is 4.61. The SMILES string of the molecule is C[C@@H]1CN(C(=O)c2cc(C(F)(F)F)cc(C(F)(F)F)c2)CCN1. The van der Waals surface area contributed by atoms with E-state index in [0.29, 0.717) is 18.7 Å². The van der Waals surface area contributed by atoms with Crippen LogP contribution in [0.25, 0.3) is 0 Å². The molecule has 1 aromatic rings. The number of rotatable bonds is 1. The van der Waals surface area contributed by atoms with Crippen molar-refractivity contribution in [2.75, 3.05) is 19.6 Å². The van der Waals surface area contributed by atoms with Crippen LogP contribution in [0.1, 0.15) is 28.4 Å². The molecule has 0 bridgehead atoms. The Balaban J connectivity index is 2.42. The molecule has 0 spiro atoms. The van der Waals surface area contributed by atoms with E-state index in [9.17, 15) is 31.1 Å². The van der Waals surface area contributed by atoms with Crippen LogP contribution >= 0.6 is 0 Å². The number of benzene rings is 1. The van der Waals surface area contributed by atoms with Crippen LogP contribution in [0.15, 0.2) is 18.2 Å². The van der Waals surface area contributed by atoms with Gasteiger partial charge in [-0.25, -0.2) is 0 Å². The number of nitrogens with one attached hydrogen (secondary N) is 1. The Bertz CT molecular complexity index is 564. The highest BCUT2D eigenvalue weighted by molar-refractivity contribution is 5.94. The summed E-state index contributed by atoms with van der Waals surface area (Å²) in [5.41, 5.74) is -3.58. The van der Waals surface area contributed by atoms with E-state index in [-0.39, 0.29) is 25.2 Å². The predicted octanol–water partition coefficient (Wildman–Crippen LogP) is 3.16. The van der Waals surface area contributed by atoms with E-state index in [1.807, 2.05) is 0 Å². The summed E-state index contributed by atoms with van der Waals surface area (Å²) in [6.07, 6.45) is -9.93. The summed E-state index contributed by atoms with van der Waals surface area (Å²) in [4.78, 5) is 13.5. The van der Waals surface area contributed by atoms with Crippen molar-refractivity contribution in [3.05, 3.63) is 34.9 Å². The van der Waals surface area contributed by atoms with Crippen LogP contribution in [0, 0.1) is 0 Å². The molecule has 0 aromatic heterocycles. The molecule has 23 heavy (non-hydrogen) atoms. The van der Waals surface area contributed by atoms with Crippen molar-refractivity contribution in [1.82, 2.24) is 10.2 Å². The van der Waals surface area contributed by atoms with Gasteiger partial charge in [-0.1, -0.05) is 0 Å². The van der Waals surface area contributed by atoms with Crippen molar-refractivity contribution in [3.63, 3.8) is 0 Å². The lowest BCUT2D eigenvalue weighted by Crippen LogP contribution is -2.51. The van der Waals surface area contributed by atoms with Crippen LogP contribution in [0.2, 0.25) is 0 Å². The first-order chi connectivity index (χ1) is 10.5. The maximum absolute atomic E-state index is 12.8. The second kappa shape index (κ2) is 6.03. The average Bonchev–Trinajstić information content (AvgIpc) is 2.44. The predicted molar refractivity (Wildman–Crippen MR) is 69.8 cm³/mol. The molecule has 1 aliphatic rings. The van der Waals surface area contributed by atoms with Crippen LogP contribution in [0.3, 0.4) is 0 Å². The second-order valence-corrected chi connectivity index (χ2v) is 5.40. The van der Waals surface area contributed by atoms with Gasteiger partial charge in [0.15, 0.2) is 0 Å². The summed E-state index contributed by atoms with van der Waals surface area (Å²) in [6.45, 7) is 2.64. The highest BCUT2D eigenvalue weighted by atomic mass is 19.4. The van der Waals surface area contributed by atoms with Gasteiger partial charge < -0.3 is 10.2 Å². The molecule has 9 heteroatoms. The first-order valence-electron chi connectivity index (χ1n) is 6.80. The number of carbonyl (C=O) groups excluding carboxylic acids is 1. The van der Waals surface area contributed by atoms with E-state index in [4.69, 9.17) is 0 Å². The fourth-order valence-electron chi connectivity index (χ4n) is 2.38. The van der Waals surface area contributed by atoms with E-state index in [1.165, 1.54) is 4.90 Å². The van der Waals surface area contributed by atoms with Gasteiger partial charge in [0, 0.05) is 31.2 Å². The highest BCUT2D eigenvalue weighted by Crippen LogP contribution is 2.36. The Morgan fingerprint density at radius 1 is 1.09 bits per heavy atom. The van der Waals surface area contributed by atoms with Crippen molar-refractivity contribution in [2.45, 2.75) is 25.3 Å². The lowest BCUT2D eigenvalue weighted by molar-refractivity contribution is -0.143. The molecule has 1 fully saturated rings. The van der Waals surface area contributed by atoms with E-state index in [2.05, 4.69) is 5.32 Å². The number of halogens is 6. The third-order valence-electron chi connectivity index (χ3n) is 3.49. The minimum Gasteiger partial charge on any atom is -0.336 e. The van der Waals surface area contributed by atoms with Crippen molar-refractivity contribution in [3.8, 4) is 0 Å². The zero-order chi connectivity index (χ0) is 17.4. The number of hydrogen-bond donors (Lipinski definition) is 1. The molecule has 0 aliphatic carbocycles. The van der Waals surface area contributed by atoms with E-state index < -0.39 is 35.0 Å². The number of amides is 1. The van der Waals surface area contributed by atoms with Gasteiger partial charge in [0.25, 0.3) is 5.91 Å². The van der Waals surface area contributed by atoms with Gasteiger partial charge in [0.1, 0.15) is 0 Å². The molecule has 128 valence electrons. The fourth-order valence-corrected chi connectivity index (χ4v) is 2.38. The summed E-state index contributed by atoms with van der Waals surface area (Å²) >= 11 is 0. The summed E-state index contributed by atoms with van der Waals surface area (Å²) in [5, 5.41) is 3.04. The average molecular weight is 340 g/mol. The molecule has 0 unspecified atom stereocenters. The van der Waals surface area contributed by atoms with Crippen molar-refractivity contribution in [2.24, 2.45) is 0 Å². The van der Waals surface area contributed by atoms with Crippen molar-refractivity contribution in [1.29, 1.82) is 0 Å². The first kappa shape index (κ1) is 17.6. The topological polar surface area (TPSA) is 32.3 Å². The maximum Gasteiger partial charge on any atom is 0.416 e. The number of piperazine rings is 1. The van der Waals surface area contributed by atoms with Gasteiger partial charge in [0.2, 0.25) is 0 Å². The number of hydrogen-bond acceptors (Lipinski definition) is 2. The third kappa shape index (κ3) is 4.15.